The second-order valence-electron chi connectivity index (χ2n) is 10.2. The second-order valence-corrected chi connectivity index (χ2v) is 11.1. The average molecular weight is 550 g/mol. The molecule has 2 aliphatic heterocycles. The lowest BCUT2D eigenvalue weighted by molar-refractivity contribution is 0.0666. The van der Waals surface area contributed by atoms with Gasteiger partial charge in [-0.1, -0.05) is 102 Å². The summed E-state index contributed by atoms with van der Waals surface area (Å²) >= 11 is 12.8. The van der Waals surface area contributed by atoms with Crippen LogP contribution in [0.4, 0.5) is 5.69 Å². The van der Waals surface area contributed by atoms with Crippen LogP contribution in [0.3, 0.4) is 0 Å². The highest BCUT2D eigenvalue weighted by molar-refractivity contribution is 6.33. The second kappa shape index (κ2) is 8.77. The van der Waals surface area contributed by atoms with E-state index in [0.717, 1.165) is 11.3 Å². The number of hydrogen-bond donors (Lipinski definition) is 0. The summed E-state index contributed by atoms with van der Waals surface area (Å²) in [5.74, 6) is -1.51. The topological polar surface area (TPSA) is 54.5 Å². The molecule has 6 heteroatoms. The van der Waals surface area contributed by atoms with Crippen molar-refractivity contribution in [2.45, 2.75) is 18.0 Å². The van der Waals surface area contributed by atoms with Crippen molar-refractivity contribution in [3.05, 3.63) is 141 Å². The number of ketones is 3. The molecule has 1 fully saturated rings. The molecular formula is C33H21Cl2NO3. The van der Waals surface area contributed by atoms with Crippen LogP contribution >= 0.6 is 23.2 Å². The van der Waals surface area contributed by atoms with E-state index in [2.05, 4.69) is 0 Å². The standard InChI is InChI=1S/C33H21Cl2NO3/c34-22-10-6-9-21(18-22)28-29(30(37)19-7-2-1-3-8-19)36-26-15-14-23(35)17-20(26)13-16-27(36)33(28)31(38)24-11-4-5-12-25(24)32(33)39/h1-18,27-29H. The van der Waals surface area contributed by atoms with Gasteiger partial charge in [0.05, 0.1) is 6.04 Å². The van der Waals surface area contributed by atoms with Gasteiger partial charge in [-0.05, 0) is 41.5 Å². The number of rotatable bonds is 3. The molecule has 1 saturated heterocycles. The Hall–Kier alpha value is -3.99. The van der Waals surface area contributed by atoms with Crippen molar-refractivity contribution < 1.29 is 14.4 Å². The van der Waals surface area contributed by atoms with E-state index in [1.54, 1.807) is 60.7 Å². The maximum Gasteiger partial charge on any atom is 0.185 e. The monoisotopic (exact) mass is 549 g/mol. The molecule has 3 unspecified atom stereocenters. The van der Waals surface area contributed by atoms with Gasteiger partial charge in [0.25, 0.3) is 0 Å². The number of carbonyl (C=O) groups excluding carboxylic acids is 3. The predicted octanol–water partition coefficient (Wildman–Crippen LogP) is 7.31. The minimum atomic E-state index is -1.56. The lowest BCUT2D eigenvalue weighted by atomic mass is 9.64. The molecule has 0 aromatic heterocycles. The molecule has 190 valence electrons. The number of fused-ring (bicyclic) bond motifs is 5. The highest BCUT2D eigenvalue weighted by atomic mass is 35.5. The van der Waals surface area contributed by atoms with Gasteiger partial charge in [0.15, 0.2) is 17.3 Å². The number of halogens is 2. The van der Waals surface area contributed by atoms with Crippen molar-refractivity contribution in [2.75, 3.05) is 4.90 Å². The first-order chi connectivity index (χ1) is 18.9. The first-order valence-electron chi connectivity index (χ1n) is 12.7. The van der Waals surface area contributed by atoms with E-state index in [-0.39, 0.29) is 17.3 Å². The van der Waals surface area contributed by atoms with Crippen molar-refractivity contribution in [1.29, 1.82) is 0 Å². The number of hydrogen-bond acceptors (Lipinski definition) is 4. The number of Topliss-reactive ketones (excluding diaryl/α,β-unsaturated/α-hetero) is 3. The summed E-state index contributed by atoms with van der Waals surface area (Å²) in [6, 6.07) is 27.1. The fourth-order valence-electron chi connectivity index (χ4n) is 6.79. The molecule has 0 N–H and O–H groups in total. The molecule has 2 heterocycles. The maximum absolute atomic E-state index is 14.6. The third-order valence-corrected chi connectivity index (χ3v) is 8.77. The van der Waals surface area contributed by atoms with Crippen LogP contribution in [0.15, 0.2) is 103 Å². The Morgan fingerprint density at radius 3 is 2.10 bits per heavy atom. The lowest BCUT2D eigenvalue weighted by Gasteiger charge is -2.37. The summed E-state index contributed by atoms with van der Waals surface area (Å²) in [5, 5.41) is 1.03. The van der Waals surface area contributed by atoms with Crippen LogP contribution in [-0.4, -0.2) is 29.4 Å². The van der Waals surface area contributed by atoms with Crippen molar-refractivity contribution in [3.8, 4) is 0 Å². The quantitative estimate of drug-likeness (QED) is 0.198. The number of anilines is 1. The Kier molecular flexibility index (Phi) is 5.41. The van der Waals surface area contributed by atoms with Crippen LogP contribution in [0.2, 0.25) is 10.0 Å². The normalized spacial score (nSPS) is 22.1. The molecule has 4 aromatic carbocycles. The summed E-state index contributed by atoms with van der Waals surface area (Å²) in [7, 11) is 0. The Morgan fingerprint density at radius 1 is 0.744 bits per heavy atom. The molecule has 4 aromatic rings. The summed E-state index contributed by atoms with van der Waals surface area (Å²) in [6.45, 7) is 0. The van der Waals surface area contributed by atoms with E-state index in [1.807, 2.05) is 53.5 Å². The molecule has 39 heavy (non-hydrogen) atoms. The SMILES string of the molecule is O=C(c1ccccc1)C1C(c2cccc(Cl)c2)C2(C(=O)c3ccccc3C2=O)C2C=Cc3cc(Cl)ccc3N12. The molecular weight excluding hydrogens is 529 g/mol. The van der Waals surface area contributed by atoms with Crippen LogP contribution in [0.25, 0.3) is 6.08 Å². The van der Waals surface area contributed by atoms with Gasteiger partial charge < -0.3 is 4.90 Å². The Morgan fingerprint density at radius 2 is 1.41 bits per heavy atom. The van der Waals surface area contributed by atoms with Crippen LogP contribution < -0.4 is 4.90 Å². The van der Waals surface area contributed by atoms with Crippen molar-refractivity contribution >= 4 is 52.3 Å². The average Bonchev–Trinajstić information content (AvgIpc) is 3.39. The Balaban J connectivity index is 1.56. The molecule has 3 atom stereocenters. The van der Waals surface area contributed by atoms with Crippen LogP contribution in [0, 0.1) is 5.41 Å². The molecule has 7 rings (SSSR count). The van der Waals surface area contributed by atoms with Crippen molar-refractivity contribution in [2.24, 2.45) is 5.41 Å². The van der Waals surface area contributed by atoms with Crippen molar-refractivity contribution in [1.82, 2.24) is 0 Å². The fraction of sp³-hybridized carbons (Fsp3) is 0.121. The minimum absolute atomic E-state index is 0.171. The molecule has 0 radical (unpaired) electrons. The maximum atomic E-state index is 14.6. The van der Waals surface area contributed by atoms with E-state index < -0.39 is 23.4 Å². The molecule has 4 nitrogen and oxygen atoms in total. The highest BCUT2D eigenvalue weighted by Crippen LogP contribution is 2.61. The number of nitrogens with zero attached hydrogens (tertiary/aromatic N) is 1. The van der Waals surface area contributed by atoms with Crippen LogP contribution in [-0.2, 0) is 0 Å². The van der Waals surface area contributed by atoms with Gasteiger partial charge >= 0.3 is 0 Å². The zero-order chi connectivity index (χ0) is 26.9. The van der Waals surface area contributed by atoms with Gasteiger partial charge in [0.2, 0.25) is 0 Å². The van der Waals surface area contributed by atoms with Gasteiger partial charge in [0, 0.05) is 38.3 Å². The summed E-state index contributed by atoms with van der Waals surface area (Å²) in [6.07, 6.45) is 3.79. The van der Waals surface area contributed by atoms with E-state index in [9.17, 15) is 14.4 Å². The predicted molar refractivity (Wildman–Crippen MR) is 153 cm³/mol. The Labute approximate surface area is 235 Å². The molecule has 1 spiro atoms. The van der Waals surface area contributed by atoms with Crippen LogP contribution in [0.5, 0.6) is 0 Å². The number of benzene rings is 4. The van der Waals surface area contributed by atoms with Gasteiger partial charge in [0.1, 0.15) is 11.5 Å². The van der Waals surface area contributed by atoms with Gasteiger partial charge in [-0.15, -0.1) is 0 Å². The highest BCUT2D eigenvalue weighted by Gasteiger charge is 2.71. The van der Waals surface area contributed by atoms with Crippen molar-refractivity contribution in [3.63, 3.8) is 0 Å². The fourth-order valence-corrected chi connectivity index (χ4v) is 7.17. The van der Waals surface area contributed by atoms with E-state index in [4.69, 9.17) is 23.2 Å². The lowest BCUT2D eigenvalue weighted by Crippen LogP contribution is -2.48. The van der Waals surface area contributed by atoms with Gasteiger partial charge in [-0.25, -0.2) is 0 Å². The molecule has 3 aliphatic rings. The molecule has 0 saturated carbocycles. The number of carbonyl (C=O) groups is 3. The largest absolute Gasteiger partial charge is 0.352 e. The van der Waals surface area contributed by atoms with E-state index in [1.165, 1.54) is 0 Å². The van der Waals surface area contributed by atoms with Gasteiger partial charge in [-0.3, -0.25) is 14.4 Å². The van der Waals surface area contributed by atoms with E-state index in [0.29, 0.717) is 32.3 Å². The molecule has 0 bridgehead atoms. The summed E-state index contributed by atoms with van der Waals surface area (Å²) in [4.78, 5) is 45.7. The summed E-state index contributed by atoms with van der Waals surface area (Å²) in [5.41, 5.74) is 1.96. The smallest absolute Gasteiger partial charge is 0.185 e. The first-order valence-corrected chi connectivity index (χ1v) is 13.5. The molecule has 1 aliphatic carbocycles. The minimum Gasteiger partial charge on any atom is -0.352 e. The third-order valence-electron chi connectivity index (χ3n) is 8.30. The van der Waals surface area contributed by atoms with Crippen LogP contribution in [0.1, 0.15) is 48.1 Å². The van der Waals surface area contributed by atoms with Gasteiger partial charge in [-0.2, -0.15) is 0 Å². The van der Waals surface area contributed by atoms with E-state index >= 15 is 0 Å². The third kappa shape index (κ3) is 3.28. The Bertz CT molecular complexity index is 1690. The molecule has 0 amide bonds. The zero-order valence-electron chi connectivity index (χ0n) is 20.6. The zero-order valence-corrected chi connectivity index (χ0v) is 22.1. The summed E-state index contributed by atoms with van der Waals surface area (Å²) < 4.78 is 0. The first kappa shape index (κ1) is 24.1.